The highest BCUT2D eigenvalue weighted by Gasteiger charge is 2.12. The quantitative estimate of drug-likeness (QED) is 0.772. The normalized spacial score (nSPS) is 12.1. The average molecular weight is 270 g/mol. The van der Waals surface area contributed by atoms with Gasteiger partial charge in [-0.05, 0) is 28.7 Å². The number of carbonyl (C=O) groups is 1. The Morgan fingerprint density at radius 3 is 2.35 bits per heavy atom. The lowest BCUT2D eigenvalue weighted by atomic mass is 9.97. The van der Waals surface area contributed by atoms with Gasteiger partial charge in [-0.1, -0.05) is 48.5 Å². The second-order valence-corrected chi connectivity index (χ2v) is 4.71. The van der Waals surface area contributed by atoms with Gasteiger partial charge in [-0.15, -0.1) is 0 Å². The predicted octanol–water partition coefficient (Wildman–Crippen LogP) is 1.77. The number of hydrogen-bond acceptors (Lipinski definition) is 3. The van der Waals surface area contributed by atoms with Gasteiger partial charge in [-0.2, -0.15) is 0 Å². The van der Waals surface area contributed by atoms with Crippen molar-refractivity contribution in [3.05, 3.63) is 59.7 Å². The van der Waals surface area contributed by atoms with Crippen LogP contribution >= 0.6 is 0 Å². The maximum Gasteiger partial charge on any atom is 0.320 e. The third kappa shape index (κ3) is 3.23. The number of hydrogen-bond donors (Lipinski definition) is 3. The summed E-state index contributed by atoms with van der Waals surface area (Å²) in [7, 11) is 0. The van der Waals surface area contributed by atoms with E-state index < -0.39 is 12.0 Å². The first-order valence-corrected chi connectivity index (χ1v) is 6.47. The molecule has 0 radical (unpaired) electrons. The van der Waals surface area contributed by atoms with Crippen molar-refractivity contribution in [3.63, 3.8) is 0 Å². The molecule has 0 saturated heterocycles. The van der Waals surface area contributed by atoms with Crippen LogP contribution in [0, 0.1) is 0 Å². The van der Waals surface area contributed by atoms with Gasteiger partial charge in [0.25, 0.3) is 0 Å². The molecule has 5 N–H and O–H groups in total. The molecule has 0 aliphatic rings. The van der Waals surface area contributed by atoms with Crippen molar-refractivity contribution in [3.8, 4) is 11.1 Å². The van der Waals surface area contributed by atoms with Crippen LogP contribution in [0.25, 0.3) is 11.1 Å². The predicted molar refractivity (Wildman–Crippen MR) is 79.1 cm³/mol. The smallest absolute Gasteiger partial charge is 0.320 e. The number of carboxylic acids is 1. The fraction of sp³-hybridized carbons (Fsp3) is 0.188. The molecule has 2 rings (SSSR count). The van der Waals surface area contributed by atoms with Gasteiger partial charge in [0.2, 0.25) is 0 Å². The van der Waals surface area contributed by atoms with Gasteiger partial charge in [-0.3, -0.25) is 4.79 Å². The van der Waals surface area contributed by atoms with E-state index in [0.717, 1.165) is 22.3 Å². The highest BCUT2D eigenvalue weighted by molar-refractivity contribution is 5.73. The Labute approximate surface area is 118 Å². The first kappa shape index (κ1) is 14.2. The molecular formula is C16H18N2O2. The summed E-state index contributed by atoms with van der Waals surface area (Å²) in [6, 6.07) is 14.9. The van der Waals surface area contributed by atoms with E-state index in [1.54, 1.807) is 0 Å². The summed E-state index contributed by atoms with van der Waals surface area (Å²) in [6.07, 6.45) is 0.328. The third-order valence-electron chi connectivity index (χ3n) is 3.28. The van der Waals surface area contributed by atoms with E-state index >= 15 is 0 Å². The number of benzene rings is 2. The second kappa shape index (κ2) is 6.32. The van der Waals surface area contributed by atoms with Crippen molar-refractivity contribution >= 4 is 5.97 Å². The molecule has 0 aromatic heterocycles. The minimum atomic E-state index is -0.984. The SMILES string of the molecule is NCc1ccccc1-c1ccc(CC(N)C(=O)O)cc1. The number of carboxylic acid groups (broad SMARTS) is 1. The molecular weight excluding hydrogens is 252 g/mol. The Bertz CT molecular complexity index is 594. The first-order chi connectivity index (χ1) is 9.61. The van der Waals surface area contributed by atoms with Crippen LogP contribution in [0.15, 0.2) is 48.5 Å². The van der Waals surface area contributed by atoms with Crippen molar-refractivity contribution in [2.45, 2.75) is 19.0 Å². The molecule has 1 atom stereocenters. The molecule has 2 aromatic carbocycles. The Morgan fingerprint density at radius 2 is 1.75 bits per heavy atom. The fourth-order valence-corrected chi connectivity index (χ4v) is 2.14. The molecule has 0 aliphatic carbocycles. The summed E-state index contributed by atoms with van der Waals surface area (Å²) in [4.78, 5) is 10.7. The maximum absolute atomic E-state index is 10.7. The van der Waals surface area contributed by atoms with Crippen molar-refractivity contribution in [2.75, 3.05) is 0 Å². The van der Waals surface area contributed by atoms with E-state index in [0.29, 0.717) is 13.0 Å². The molecule has 4 heteroatoms. The summed E-state index contributed by atoms with van der Waals surface area (Å²) in [5.74, 6) is -0.984. The molecule has 0 fully saturated rings. The molecule has 20 heavy (non-hydrogen) atoms. The van der Waals surface area contributed by atoms with Crippen LogP contribution in [-0.4, -0.2) is 17.1 Å². The zero-order chi connectivity index (χ0) is 14.5. The highest BCUT2D eigenvalue weighted by atomic mass is 16.4. The fourth-order valence-electron chi connectivity index (χ4n) is 2.14. The summed E-state index contributed by atoms with van der Waals surface area (Å²) < 4.78 is 0. The molecule has 0 spiro atoms. The molecule has 0 aliphatic heterocycles. The molecule has 0 bridgehead atoms. The van der Waals surface area contributed by atoms with Crippen LogP contribution in [0.5, 0.6) is 0 Å². The Morgan fingerprint density at radius 1 is 1.10 bits per heavy atom. The van der Waals surface area contributed by atoms with E-state index in [4.69, 9.17) is 16.6 Å². The number of rotatable bonds is 5. The molecule has 4 nitrogen and oxygen atoms in total. The average Bonchev–Trinajstić information content (AvgIpc) is 2.48. The van der Waals surface area contributed by atoms with Gasteiger partial charge in [0.1, 0.15) is 6.04 Å². The zero-order valence-corrected chi connectivity index (χ0v) is 11.1. The van der Waals surface area contributed by atoms with Crippen LogP contribution in [0.4, 0.5) is 0 Å². The molecule has 1 unspecified atom stereocenters. The lowest BCUT2D eigenvalue weighted by Crippen LogP contribution is -2.32. The van der Waals surface area contributed by atoms with Crippen molar-refractivity contribution < 1.29 is 9.90 Å². The molecule has 0 heterocycles. The van der Waals surface area contributed by atoms with E-state index in [-0.39, 0.29) is 0 Å². The van der Waals surface area contributed by atoms with Gasteiger partial charge in [0.05, 0.1) is 0 Å². The van der Waals surface area contributed by atoms with E-state index in [2.05, 4.69) is 0 Å². The number of aliphatic carboxylic acids is 1. The largest absolute Gasteiger partial charge is 0.480 e. The van der Waals surface area contributed by atoms with Gasteiger partial charge in [0, 0.05) is 6.54 Å². The third-order valence-corrected chi connectivity index (χ3v) is 3.28. The topological polar surface area (TPSA) is 89.3 Å². The van der Waals surface area contributed by atoms with Gasteiger partial charge in [-0.25, -0.2) is 0 Å². The summed E-state index contributed by atoms with van der Waals surface area (Å²) in [5, 5.41) is 8.81. The summed E-state index contributed by atoms with van der Waals surface area (Å²) in [5.41, 5.74) is 15.4. The second-order valence-electron chi connectivity index (χ2n) is 4.71. The minimum Gasteiger partial charge on any atom is -0.480 e. The monoisotopic (exact) mass is 270 g/mol. The molecule has 0 saturated carbocycles. The van der Waals surface area contributed by atoms with Crippen LogP contribution in [-0.2, 0) is 17.8 Å². The van der Waals surface area contributed by atoms with E-state index in [1.807, 2.05) is 48.5 Å². The lowest BCUT2D eigenvalue weighted by Gasteiger charge is -2.10. The van der Waals surface area contributed by atoms with Crippen LogP contribution < -0.4 is 11.5 Å². The molecule has 104 valence electrons. The standard InChI is InChI=1S/C16H18N2O2/c17-10-13-3-1-2-4-14(13)12-7-5-11(6-8-12)9-15(18)16(19)20/h1-8,15H,9-10,17-18H2,(H,19,20). The minimum absolute atomic E-state index is 0.328. The highest BCUT2D eigenvalue weighted by Crippen LogP contribution is 2.23. The molecule has 2 aromatic rings. The zero-order valence-electron chi connectivity index (χ0n) is 11.1. The van der Waals surface area contributed by atoms with Crippen LogP contribution in [0.2, 0.25) is 0 Å². The number of nitrogens with two attached hydrogens (primary N) is 2. The van der Waals surface area contributed by atoms with Gasteiger partial charge >= 0.3 is 5.97 Å². The molecule has 0 amide bonds. The van der Waals surface area contributed by atoms with Crippen molar-refractivity contribution in [1.82, 2.24) is 0 Å². The van der Waals surface area contributed by atoms with E-state index in [9.17, 15) is 4.79 Å². The van der Waals surface area contributed by atoms with Crippen molar-refractivity contribution in [1.29, 1.82) is 0 Å². The Balaban J connectivity index is 2.22. The Hall–Kier alpha value is -2.17. The summed E-state index contributed by atoms with van der Waals surface area (Å²) in [6.45, 7) is 0.488. The first-order valence-electron chi connectivity index (χ1n) is 6.47. The lowest BCUT2D eigenvalue weighted by molar-refractivity contribution is -0.138. The van der Waals surface area contributed by atoms with Crippen LogP contribution in [0.1, 0.15) is 11.1 Å². The van der Waals surface area contributed by atoms with E-state index in [1.165, 1.54) is 0 Å². The van der Waals surface area contributed by atoms with Gasteiger partial charge < -0.3 is 16.6 Å². The van der Waals surface area contributed by atoms with Crippen LogP contribution in [0.3, 0.4) is 0 Å². The van der Waals surface area contributed by atoms with Crippen molar-refractivity contribution in [2.24, 2.45) is 11.5 Å². The Kier molecular flexibility index (Phi) is 4.50. The maximum atomic E-state index is 10.7. The van der Waals surface area contributed by atoms with Gasteiger partial charge in [0.15, 0.2) is 0 Å². The summed E-state index contributed by atoms with van der Waals surface area (Å²) >= 11 is 0.